The second-order valence-corrected chi connectivity index (χ2v) is 3.90. The maximum atomic E-state index is 12.2. The summed E-state index contributed by atoms with van der Waals surface area (Å²) in [6.07, 6.45) is 3.09. The Hall–Kier alpha value is -2.36. The molecule has 0 atom stereocenters. The Kier molecular flexibility index (Phi) is 4.13. The van der Waals surface area contributed by atoms with Crippen LogP contribution in [0.4, 0.5) is 0 Å². The van der Waals surface area contributed by atoms with Gasteiger partial charge >= 0.3 is 0 Å². The molecule has 0 saturated carbocycles. The Bertz CT molecular complexity index is 564. The van der Waals surface area contributed by atoms with Gasteiger partial charge in [-0.05, 0) is 37.3 Å². The van der Waals surface area contributed by atoms with Gasteiger partial charge in [0.25, 0.3) is 0 Å². The quantitative estimate of drug-likeness (QED) is 0.773. The predicted molar refractivity (Wildman–Crippen MR) is 71.8 cm³/mol. The fourth-order valence-electron chi connectivity index (χ4n) is 1.69. The van der Waals surface area contributed by atoms with Crippen molar-refractivity contribution in [3.63, 3.8) is 0 Å². The lowest BCUT2D eigenvalue weighted by Crippen LogP contribution is -2.02. The maximum absolute atomic E-state index is 12.2. The number of benzene rings is 1. The number of nitrogens with zero attached hydrogens (tertiary/aromatic N) is 1. The van der Waals surface area contributed by atoms with Crippen LogP contribution in [0.3, 0.4) is 0 Å². The molecule has 0 bridgehead atoms. The van der Waals surface area contributed by atoms with Crippen molar-refractivity contribution in [2.75, 3.05) is 13.7 Å². The molecular weight excluding hydrogens is 242 g/mol. The van der Waals surface area contributed by atoms with Crippen LogP contribution in [-0.2, 0) is 0 Å². The molecule has 1 heterocycles. The number of ketones is 1. The summed E-state index contributed by atoms with van der Waals surface area (Å²) in [7, 11) is 1.54. The topological polar surface area (TPSA) is 48.4 Å². The standard InChI is InChI=1S/C15H15NO3/c1-3-19-13-6-4-11(5-7-13)15(17)12-8-14(18-2)10-16-9-12/h4-10H,3H2,1-2H3. The van der Waals surface area contributed by atoms with Crippen molar-refractivity contribution in [1.82, 2.24) is 4.98 Å². The van der Waals surface area contributed by atoms with Gasteiger partial charge in [0.2, 0.25) is 0 Å². The minimum Gasteiger partial charge on any atom is -0.495 e. The molecular formula is C15H15NO3. The van der Waals surface area contributed by atoms with Crippen LogP contribution in [0.2, 0.25) is 0 Å². The lowest BCUT2D eigenvalue weighted by atomic mass is 10.0. The van der Waals surface area contributed by atoms with E-state index in [1.165, 1.54) is 6.20 Å². The normalized spacial score (nSPS) is 10.0. The Morgan fingerprint density at radius 1 is 1.11 bits per heavy atom. The number of carbonyl (C=O) groups excluding carboxylic acids is 1. The molecule has 0 aliphatic heterocycles. The molecule has 0 unspecified atom stereocenters. The fourth-order valence-corrected chi connectivity index (χ4v) is 1.69. The largest absolute Gasteiger partial charge is 0.495 e. The van der Waals surface area contributed by atoms with Gasteiger partial charge in [-0.1, -0.05) is 0 Å². The highest BCUT2D eigenvalue weighted by Gasteiger charge is 2.10. The lowest BCUT2D eigenvalue weighted by molar-refractivity contribution is 0.103. The molecule has 0 spiro atoms. The summed E-state index contributed by atoms with van der Waals surface area (Å²) in [4.78, 5) is 16.2. The van der Waals surface area contributed by atoms with Crippen molar-refractivity contribution in [1.29, 1.82) is 0 Å². The molecule has 2 rings (SSSR count). The van der Waals surface area contributed by atoms with E-state index in [2.05, 4.69) is 4.98 Å². The van der Waals surface area contributed by atoms with E-state index in [1.54, 1.807) is 43.6 Å². The lowest BCUT2D eigenvalue weighted by Gasteiger charge is -2.05. The van der Waals surface area contributed by atoms with Crippen molar-refractivity contribution in [2.24, 2.45) is 0 Å². The van der Waals surface area contributed by atoms with Gasteiger partial charge in [0.05, 0.1) is 19.9 Å². The third-order valence-corrected chi connectivity index (χ3v) is 2.64. The number of aromatic nitrogens is 1. The first-order valence-corrected chi connectivity index (χ1v) is 6.01. The predicted octanol–water partition coefficient (Wildman–Crippen LogP) is 2.72. The molecule has 0 radical (unpaired) electrons. The minimum atomic E-state index is -0.0885. The van der Waals surface area contributed by atoms with Gasteiger partial charge in [-0.25, -0.2) is 0 Å². The number of carbonyl (C=O) groups is 1. The zero-order valence-corrected chi connectivity index (χ0v) is 10.9. The Morgan fingerprint density at radius 2 is 1.84 bits per heavy atom. The monoisotopic (exact) mass is 257 g/mol. The first kappa shape index (κ1) is 13.1. The van der Waals surface area contributed by atoms with Crippen molar-refractivity contribution in [3.05, 3.63) is 53.9 Å². The van der Waals surface area contributed by atoms with Crippen molar-refractivity contribution >= 4 is 5.78 Å². The SMILES string of the molecule is CCOc1ccc(C(=O)c2cncc(OC)c2)cc1. The molecule has 0 aliphatic carbocycles. The van der Waals surface area contributed by atoms with Crippen LogP contribution in [0.1, 0.15) is 22.8 Å². The minimum absolute atomic E-state index is 0.0885. The van der Waals surface area contributed by atoms with Crippen molar-refractivity contribution < 1.29 is 14.3 Å². The van der Waals surface area contributed by atoms with Gasteiger partial charge in [0.1, 0.15) is 11.5 Å². The summed E-state index contributed by atoms with van der Waals surface area (Å²) in [5.41, 5.74) is 1.10. The molecule has 1 aromatic heterocycles. The molecule has 2 aromatic rings. The summed E-state index contributed by atoms with van der Waals surface area (Å²) < 4.78 is 10.4. The zero-order chi connectivity index (χ0) is 13.7. The van der Waals surface area contributed by atoms with Crippen LogP contribution in [0.5, 0.6) is 11.5 Å². The van der Waals surface area contributed by atoms with E-state index < -0.39 is 0 Å². The van der Waals surface area contributed by atoms with Gasteiger partial charge in [-0.3, -0.25) is 9.78 Å². The average Bonchev–Trinajstić information content (AvgIpc) is 2.48. The number of ether oxygens (including phenoxy) is 2. The van der Waals surface area contributed by atoms with Crippen LogP contribution in [0.25, 0.3) is 0 Å². The third-order valence-electron chi connectivity index (χ3n) is 2.64. The van der Waals surface area contributed by atoms with Crippen LogP contribution in [0.15, 0.2) is 42.7 Å². The first-order chi connectivity index (χ1) is 9.24. The zero-order valence-electron chi connectivity index (χ0n) is 10.9. The van der Waals surface area contributed by atoms with Crippen LogP contribution >= 0.6 is 0 Å². The van der Waals surface area contributed by atoms with E-state index in [1.807, 2.05) is 6.92 Å². The Morgan fingerprint density at radius 3 is 2.47 bits per heavy atom. The molecule has 0 saturated heterocycles. The second-order valence-electron chi connectivity index (χ2n) is 3.90. The second kappa shape index (κ2) is 6.00. The van der Waals surface area contributed by atoms with Gasteiger partial charge in [-0.15, -0.1) is 0 Å². The first-order valence-electron chi connectivity index (χ1n) is 6.01. The van der Waals surface area contributed by atoms with E-state index >= 15 is 0 Å². The third kappa shape index (κ3) is 3.10. The molecule has 4 nitrogen and oxygen atoms in total. The van der Waals surface area contributed by atoms with Crippen LogP contribution in [-0.4, -0.2) is 24.5 Å². The molecule has 0 N–H and O–H groups in total. The van der Waals surface area contributed by atoms with E-state index in [-0.39, 0.29) is 5.78 Å². The number of pyridine rings is 1. The van der Waals surface area contributed by atoms with Gasteiger partial charge < -0.3 is 9.47 Å². The molecule has 1 aromatic carbocycles. The van der Waals surface area contributed by atoms with E-state index in [9.17, 15) is 4.79 Å². The Labute approximate surface area is 112 Å². The molecule has 0 aliphatic rings. The number of rotatable bonds is 5. The fraction of sp³-hybridized carbons (Fsp3) is 0.200. The Balaban J connectivity index is 2.22. The average molecular weight is 257 g/mol. The van der Waals surface area contributed by atoms with Gasteiger partial charge in [0, 0.05) is 17.3 Å². The number of hydrogen-bond donors (Lipinski definition) is 0. The molecule has 0 amide bonds. The molecule has 98 valence electrons. The van der Waals surface area contributed by atoms with Crippen molar-refractivity contribution in [3.8, 4) is 11.5 Å². The molecule has 19 heavy (non-hydrogen) atoms. The van der Waals surface area contributed by atoms with Crippen molar-refractivity contribution in [2.45, 2.75) is 6.92 Å². The smallest absolute Gasteiger partial charge is 0.194 e. The van der Waals surface area contributed by atoms with Gasteiger partial charge in [0.15, 0.2) is 5.78 Å². The van der Waals surface area contributed by atoms with E-state index in [0.29, 0.717) is 23.5 Å². The number of hydrogen-bond acceptors (Lipinski definition) is 4. The summed E-state index contributed by atoms with van der Waals surface area (Å²) in [6, 6.07) is 8.72. The highest BCUT2D eigenvalue weighted by atomic mass is 16.5. The summed E-state index contributed by atoms with van der Waals surface area (Å²) >= 11 is 0. The van der Waals surface area contributed by atoms with E-state index in [0.717, 1.165) is 5.75 Å². The maximum Gasteiger partial charge on any atom is 0.194 e. The summed E-state index contributed by atoms with van der Waals surface area (Å²) in [5, 5.41) is 0. The number of methoxy groups -OCH3 is 1. The highest BCUT2D eigenvalue weighted by molar-refractivity contribution is 6.09. The van der Waals surface area contributed by atoms with Crippen LogP contribution < -0.4 is 9.47 Å². The summed E-state index contributed by atoms with van der Waals surface area (Å²) in [6.45, 7) is 2.52. The summed E-state index contributed by atoms with van der Waals surface area (Å²) in [5.74, 6) is 1.23. The molecule has 4 heteroatoms. The van der Waals surface area contributed by atoms with Crippen LogP contribution in [0, 0.1) is 0 Å². The van der Waals surface area contributed by atoms with E-state index in [4.69, 9.17) is 9.47 Å². The molecule has 0 fully saturated rings. The highest BCUT2D eigenvalue weighted by Crippen LogP contribution is 2.17. The van der Waals surface area contributed by atoms with Gasteiger partial charge in [-0.2, -0.15) is 0 Å².